The van der Waals surface area contributed by atoms with Crippen LogP contribution in [0.5, 0.6) is 5.75 Å². The molecule has 0 saturated carbocycles. The van der Waals surface area contributed by atoms with Crippen LogP contribution in [0.15, 0.2) is 18.2 Å². The Bertz CT molecular complexity index is 421. The van der Waals surface area contributed by atoms with Crippen LogP contribution in [-0.2, 0) is 0 Å². The van der Waals surface area contributed by atoms with Crippen LogP contribution in [0.25, 0.3) is 0 Å². The lowest BCUT2D eigenvalue weighted by molar-refractivity contribution is 0.0995. The maximum atomic E-state index is 11.7. The number of ether oxygens (including phenoxy) is 1. The van der Waals surface area contributed by atoms with Crippen LogP contribution in [0.1, 0.15) is 22.8 Å². The largest absolute Gasteiger partial charge is 0.495 e. The summed E-state index contributed by atoms with van der Waals surface area (Å²) < 4.78 is 5.02. The van der Waals surface area contributed by atoms with Crippen LogP contribution in [-0.4, -0.2) is 17.7 Å². The normalized spacial score (nSPS) is 11.6. The molecule has 0 fully saturated rings. The average Bonchev–Trinajstić information content (AvgIpc) is 2.26. The number of hydrogen-bond acceptors (Lipinski definition) is 3. The molecule has 0 aliphatic rings. The van der Waals surface area contributed by atoms with Gasteiger partial charge in [-0.25, -0.2) is 0 Å². The maximum absolute atomic E-state index is 11.7. The zero-order valence-electron chi connectivity index (χ0n) is 8.45. The summed E-state index contributed by atoms with van der Waals surface area (Å²) in [5.74, 6) is 0.307. The van der Waals surface area contributed by atoms with Gasteiger partial charge in [0.25, 0.3) is 0 Å². The van der Waals surface area contributed by atoms with Gasteiger partial charge in [-0.2, -0.15) is 5.26 Å². The van der Waals surface area contributed by atoms with Crippen LogP contribution in [0.3, 0.4) is 0 Å². The van der Waals surface area contributed by atoms with Gasteiger partial charge in [0.05, 0.1) is 11.9 Å². The fourth-order valence-corrected chi connectivity index (χ4v) is 1.48. The van der Waals surface area contributed by atoms with Crippen LogP contribution in [0.2, 0.25) is 0 Å². The predicted octanol–water partition coefficient (Wildman–Crippen LogP) is 2.53. The number of Topliss-reactive ketones (excluding diaryl/α,β-unsaturated/α-hetero) is 1. The van der Waals surface area contributed by atoms with E-state index in [0.717, 1.165) is 0 Å². The first kappa shape index (κ1) is 11.7. The zero-order chi connectivity index (χ0) is 11.4. The van der Waals surface area contributed by atoms with Crippen molar-refractivity contribution < 1.29 is 9.53 Å². The number of nitriles is 1. The molecule has 1 aromatic rings. The number of methoxy groups -OCH3 is 1. The molecule has 0 spiro atoms. The van der Waals surface area contributed by atoms with Gasteiger partial charge in [-0.3, -0.25) is 4.79 Å². The lowest BCUT2D eigenvalue weighted by atomic mass is 10.0. The molecule has 0 aliphatic heterocycles. The van der Waals surface area contributed by atoms with E-state index in [1.165, 1.54) is 7.11 Å². The summed E-state index contributed by atoms with van der Waals surface area (Å²) in [7, 11) is 1.47. The van der Waals surface area contributed by atoms with E-state index in [1.54, 1.807) is 25.1 Å². The van der Waals surface area contributed by atoms with Gasteiger partial charge < -0.3 is 4.74 Å². The minimum absolute atomic E-state index is 0.120. The lowest BCUT2D eigenvalue weighted by Crippen LogP contribution is -2.12. The van der Waals surface area contributed by atoms with Crippen molar-refractivity contribution in [3.8, 4) is 11.8 Å². The Balaban J connectivity index is 3.31. The Hall–Kier alpha value is -1.34. The summed E-state index contributed by atoms with van der Waals surface area (Å²) in [4.78, 5) is 11.4. The summed E-state index contributed by atoms with van der Waals surface area (Å²) in [6, 6.07) is 6.97. The van der Waals surface area contributed by atoms with Gasteiger partial charge in [0.1, 0.15) is 17.4 Å². The van der Waals surface area contributed by atoms with Crippen LogP contribution in [0, 0.1) is 11.3 Å². The Morgan fingerprint density at radius 3 is 2.73 bits per heavy atom. The van der Waals surface area contributed by atoms with Crippen molar-refractivity contribution in [1.82, 2.24) is 0 Å². The van der Waals surface area contributed by atoms with E-state index in [0.29, 0.717) is 11.3 Å². The highest BCUT2D eigenvalue weighted by atomic mass is 79.9. The molecule has 1 atom stereocenters. The van der Waals surface area contributed by atoms with E-state index in [2.05, 4.69) is 15.9 Å². The molecule has 0 bridgehead atoms. The number of nitrogens with zero attached hydrogens (tertiary/aromatic N) is 1. The third-order valence-electron chi connectivity index (χ3n) is 1.98. The second-order valence-electron chi connectivity index (χ2n) is 2.97. The van der Waals surface area contributed by atoms with E-state index in [-0.39, 0.29) is 16.2 Å². The van der Waals surface area contributed by atoms with Gasteiger partial charge in [0.15, 0.2) is 5.78 Å². The van der Waals surface area contributed by atoms with Gasteiger partial charge in [0.2, 0.25) is 0 Å². The van der Waals surface area contributed by atoms with Crippen molar-refractivity contribution in [2.75, 3.05) is 7.11 Å². The highest BCUT2D eigenvalue weighted by molar-refractivity contribution is 9.10. The molecule has 0 saturated heterocycles. The summed E-state index contributed by atoms with van der Waals surface area (Å²) >= 11 is 3.19. The second-order valence-corrected chi connectivity index (χ2v) is 4.35. The molecule has 0 aromatic heterocycles. The van der Waals surface area contributed by atoms with E-state index in [9.17, 15) is 4.79 Å². The SMILES string of the molecule is COc1cccc(C(=O)C(C)Br)c1C#N. The van der Waals surface area contributed by atoms with Crippen molar-refractivity contribution in [1.29, 1.82) is 5.26 Å². The molecule has 1 unspecified atom stereocenters. The third kappa shape index (κ3) is 2.37. The minimum Gasteiger partial charge on any atom is -0.495 e. The monoisotopic (exact) mass is 267 g/mol. The number of ketones is 1. The number of rotatable bonds is 3. The summed E-state index contributed by atoms with van der Waals surface area (Å²) in [6.45, 7) is 1.73. The molecule has 0 aliphatic carbocycles. The molecule has 0 heterocycles. The number of hydrogen-bond donors (Lipinski definition) is 0. The average molecular weight is 268 g/mol. The van der Waals surface area contributed by atoms with Crippen LogP contribution >= 0.6 is 15.9 Å². The zero-order valence-corrected chi connectivity index (χ0v) is 10.0. The van der Waals surface area contributed by atoms with Crippen molar-refractivity contribution in [2.24, 2.45) is 0 Å². The van der Waals surface area contributed by atoms with Crippen molar-refractivity contribution >= 4 is 21.7 Å². The minimum atomic E-state index is -0.309. The maximum Gasteiger partial charge on any atom is 0.177 e. The molecule has 0 amide bonds. The van der Waals surface area contributed by atoms with E-state index < -0.39 is 0 Å². The molecule has 1 aromatic carbocycles. The number of benzene rings is 1. The quantitative estimate of drug-likeness (QED) is 0.625. The summed E-state index contributed by atoms with van der Waals surface area (Å²) in [6.07, 6.45) is 0. The molecular formula is C11H10BrNO2. The fraction of sp³-hybridized carbons (Fsp3) is 0.273. The Labute approximate surface area is 96.8 Å². The Kier molecular flexibility index (Phi) is 3.87. The molecule has 0 radical (unpaired) electrons. The molecule has 4 heteroatoms. The van der Waals surface area contributed by atoms with Crippen LogP contribution < -0.4 is 4.74 Å². The number of alkyl halides is 1. The summed E-state index contributed by atoms with van der Waals surface area (Å²) in [5, 5.41) is 8.96. The molecule has 0 N–H and O–H groups in total. The van der Waals surface area contributed by atoms with Crippen molar-refractivity contribution in [3.05, 3.63) is 29.3 Å². The standard InChI is InChI=1S/C11H10BrNO2/c1-7(12)11(14)8-4-3-5-10(15-2)9(8)6-13/h3-5,7H,1-2H3. The second kappa shape index (κ2) is 4.94. The Morgan fingerprint density at radius 2 is 2.27 bits per heavy atom. The van der Waals surface area contributed by atoms with Gasteiger partial charge in [-0.05, 0) is 19.1 Å². The van der Waals surface area contributed by atoms with Gasteiger partial charge in [-0.15, -0.1) is 0 Å². The first-order chi connectivity index (χ1) is 7.11. The predicted molar refractivity (Wildman–Crippen MR) is 60.4 cm³/mol. The Morgan fingerprint density at radius 1 is 1.60 bits per heavy atom. The van der Waals surface area contributed by atoms with Crippen molar-refractivity contribution in [2.45, 2.75) is 11.8 Å². The van der Waals surface area contributed by atoms with Crippen LogP contribution in [0.4, 0.5) is 0 Å². The first-order valence-corrected chi connectivity index (χ1v) is 5.28. The highest BCUT2D eigenvalue weighted by Gasteiger charge is 2.18. The molecular weight excluding hydrogens is 258 g/mol. The van der Waals surface area contributed by atoms with E-state index >= 15 is 0 Å². The van der Waals surface area contributed by atoms with E-state index in [1.807, 2.05) is 6.07 Å². The van der Waals surface area contributed by atoms with Crippen molar-refractivity contribution in [3.63, 3.8) is 0 Å². The molecule has 3 nitrogen and oxygen atoms in total. The fourth-order valence-electron chi connectivity index (χ4n) is 1.24. The van der Waals surface area contributed by atoms with Gasteiger partial charge in [-0.1, -0.05) is 22.0 Å². The smallest absolute Gasteiger partial charge is 0.177 e. The topological polar surface area (TPSA) is 50.1 Å². The summed E-state index contributed by atoms with van der Waals surface area (Å²) in [5.41, 5.74) is 0.678. The first-order valence-electron chi connectivity index (χ1n) is 4.37. The number of carbonyl (C=O) groups excluding carboxylic acids is 1. The lowest BCUT2D eigenvalue weighted by Gasteiger charge is -2.08. The molecule has 78 valence electrons. The number of carbonyl (C=O) groups is 1. The van der Waals surface area contributed by atoms with E-state index in [4.69, 9.17) is 10.00 Å². The molecule has 15 heavy (non-hydrogen) atoms. The highest BCUT2D eigenvalue weighted by Crippen LogP contribution is 2.23. The number of halogens is 1. The van der Waals surface area contributed by atoms with Gasteiger partial charge in [0, 0.05) is 5.56 Å². The molecule has 1 rings (SSSR count). The third-order valence-corrected chi connectivity index (χ3v) is 2.40. The van der Waals surface area contributed by atoms with Gasteiger partial charge >= 0.3 is 0 Å².